The Labute approximate surface area is 135 Å². The van der Waals surface area contributed by atoms with Crippen molar-refractivity contribution in [2.24, 2.45) is 0 Å². The van der Waals surface area contributed by atoms with Gasteiger partial charge in [-0.05, 0) is 24.3 Å². The molecule has 2 N–H and O–H groups in total. The molecular formula is C16H13BrN2O3. The van der Waals surface area contributed by atoms with E-state index in [-0.39, 0.29) is 0 Å². The Morgan fingerprint density at radius 3 is 2.86 bits per heavy atom. The van der Waals surface area contributed by atoms with E-state index in [1.165, 1.54) is 13.3 Å². The highest BCUT2D eigenvalue weighted by Crippen LogP contribution is 2.32. The van der Waals surface area contributed by atoms with Crippen LogP contribution in [-0.2, 0) is 4.74 Å². The third-order valence-corrected chi connectivity index (χ3v) is 4.13. The van der Waals surface area contributed by atoms with Crippen LogP contribution in [0.3, 0.4) is 0 Å². The molecule has 3 rings (SSSR count). The lowest BCUT2D eigenvalue weighted by molar-refractivity contribution is 0.0600. The zero-order chi connectivity index (χ0) is 15.7. The van der Waals surface area contributed by atoms with Gasteiger partial charge in [0.15, 0.2) is 0 Å². The van der Waals surface area contributed by atoms with E-state index in [0.29, 0.717) is 11.3 Å². The number of halogens is 1. The van der Waals surface area contributed by atoms with Gasteiger partial charge in [-0.1, -0.05) is 22.0 Å². The molecule has 0 bridgehead atoms. The second-order valence-electron chi connectivity index (χ2n) is 4.77. The average Bonchev–Trinajstić information content (AvgIpc) is 2.99. The maximum atomic E-state index is 11.4. The van der Waals surface area contributed by atoms with Gasteiger partial charge in [0.25, 0.3) is 0 Å². The van der Waals surface area contributed by atoms with Crippen molar-refractivity contribution in [1.29, 1.82) is 0 Å². The van der Waals surface area contributed by atoms with Crippen molar-refractivity contribution in [3.63, 3.8) is 0 Å². The quantitative estimate of drug-likeness (QED) is 0.703. The minimum atomic E-state index is -0.890. The molecule has 1 aromatic carbocycles. The summed E-state index contributed by atoms with van der Waals surface area (Å²) >= 11 is 3.50. The summed E-state index contributed by atoms with van der Waals surface area (Å²) < 4.78 is 5.52. The van der Waals surface area contributed by atoms with Crippen LogP contribution in [0, 0.1) is 0 Å². The van der Waals surface area contributed by atoms with Gasteiger partial charge in [0.2, 0.25) is 0 Å². The Balaban J connectivity index is 1.99. The summed E-state index contributed by atoms with van der Waals surface area (Å²) in [5, 5.41) is 11.5. The van der Waals surface area contributed by atoms with Gasteiger partial charge >= 0.3 is 5.97 Å². The minimum absolute atomic E-state index is 0.346. The van der Waals surface area contributed by atoms with Crippen molar-refractivity contribution in [1.82, 2.24) is 9.97 Å². The van der Waals surface area contributed by atoms with E-state index in [1.807, 2.05) is 18.2 Å². The number of aromatic amines is 1. The molecule has 22 heavy (non-hydrogen) atoms. The van der Waals surface area contributed by atoms with E-state index < -0.39 is 12.1 Å². The molecule has 0 fully saturated rings. The predicted molar refractivity (Wildman–Crippen MR) is 85.6 cm³/mol. The van der Waals surface area contributed by atoms with E-state index in [0.717, 1.165) is 20.9 Å². The first-order valence-corrected chi connectivity index (χ1v) is 7.39. The number of hydrogen-bond acceptors (Lipinski definition) is 4. The van der Waals surface area contributed by atoms with E-state index >= 15 is 0 Å². The molecule has 1 unspecified atom stereocenters. The van der Waals surface area contributed by atoms with E-state index in [4.69, 9.17) is 0 Å². The second-order valence-corrected chi connectivity index (χ2v) is 5.63. The zero-order valence-electron chi connectivity index (χ0n) is 11.7. The van der Waals surface area contributed by atoms with Crippen LogP contribution >= 0.6 is 15.9 Å². The molecule has 2 aromatic heterocycles. The highest BCUT2D eigenvalue weighted by atomic mass is 79.9. The number of carbonyl (C=O) groups is 1. The van der Waals surface area contributed by atoms with E-state index in [1.54, 1.807) is 18.3 Å². The van der Waals surface area contributed by atoms with Crippen molar-refractivity contribution in [3.05, 3.63) is 64.0 Å². The molecule has 3 aromatic rings. The third kappa shape index (κ3) is 2.51. The summed E-state index contributed by atoms with van der Waals surface area (Å²) in [7, 11) is 1.31. The highest BCUT2D eigenvalue weighted by Gasteiger charge is 2.18. The van der Waals surface area contributed by atoms with Crippen molar-refractivity contribution in [2.45, 2.75) is 6.10 Å². The number of methoxy groups -OCH3 is 1. The average molecular weight is 361 g/mol. The fourth-order valence-electron chi connectivity index (χ4n) is 2.35. The number of esters is 1. The van der Waals surface area contributed by atoms with Gasteiger partial charge in [-0.2, -0.15) is 0 Å². The van der Waals surface area contributed by atoms with Gasteiger partial charge in [0, 0.05) is 33.3 Å². The van der Waals surface area contributed by atoms with Crippen LogP contribution < -0.4 is 0 Å². The van der Waals surface area contributed by atoms with Gasteiger partial charge in [-0.15, -0.1) is 0 Å². The molecule has 0 amide bonds. The SMILES string of the molecule is COC(=O)c1ccc(C(O)c2c[nH]c3cccc(Br)c23)nc1. The summed E-state index contributed by atoms with van der Waals surface area (Å²) in [5.41, 5.74) is 2.46. The first kappa shape index (κ1) is 14.7. The number of aliphatic hydroxyl groups is 1. The van der Waals surface area contributed by atoms with Crippen LogP contribution in [0.25, 0.3) is 10.9 Å². The second kappa shape index (κ2) is 5.90. The lowest BCUT2D eigenvalue weighted by Gasteiger charge is -2.10. The number of pyridine rings is 1. The maximum absolute atomic E-state index is 11.4. The summed E-state index contributed by atoms with van der Waals surface area (Å²) in [4.78, 5) is 18.7. The van der Waals surface area contributed by atoms with Crippen molar-refractivity contribution in [3.8, 4) is 0 Å². The van der Waals surface area contributed by atoms with Crippen molar-refractivity contribution in [2.75, 3.05) is 7.11 Å². The first-order valence-electron chi connectivity index (χ1n) is 6.59. The number of aromatic nitrogens is 2. The highest BCUT2D eigenvalue weighted by molar-refractivity contribution is 9.10. The number of benzene rings is 1. The summed E-state index contributed by atoms with van der Waals surface area (Å²) in [6, 6.07) is 8.97. The molecule has 1 atom stereocenters. The van der Waals surface area contributed by atoms with Crippen LogP contribution in [-0.4, -0.2) is 28.2 Å². The lowest BCUT2D eigenvalue weighted by atomic mass is 10.0. The van der Waals surface area contributed by atoms with Crippen molar-refractivity contribution < 1.29 is 14.6 Å². The van der Waals surface area contributed by atoms with Gasteiger partial charge in [-0.3, -0.25) is 4.98 Å². The lowest BCUT2D eigenvalue weighted by Crippen LogP contribution is -2.05. The molecule has 0 aliphatic carbocycles. The Bertz CT molecular complexity index is 827. The van der Waals surface area contributed by atoms with Crippen LogP contribution in [0.1, 0.15) is 27.7 Å². The number of rotatable bonds is 3. The van der Waals surface area contributed by atoms with Crippen LogP contribution in [0.5, 0.6) is 0 Å². The molecule has 5 nitrogen and oxygen atoms in total. The Kier molecular flexibility index (Phi) is 3.96. The summed E-state index contributed by atoms with van der Waals surface area (Å²) in [6.07, 6.45) is 2.27. The third-order valence-electron chi connectivity index (χ3n) is 3.47. The summed E-state index contributed by atoms with van der Waals surface area (Å²) in [5.74, 6) is -0.455. The number of ether oxygens (including phenoxy) is 1. The molecular weight excluding hydrogens is 348 g/mol. The molecule has 112 valence electrons. The standard InChI is InChI=1S/C16H13BrN2O3/c1-22-16(21)9-5-6-13(18-7-9)15(20)10-8-19-12-4-2-3-11(17)14(10)12/h2-8,15,19-20H,1H3. The first-order chi connectivity index (χ1) is 10.6. The number of nitrogens with zero attached hydrogens (tertiary/aromatic N) is 1. The monoisotopic (exact) mass is 360 g/mol. The van der Waals surface area contributed by atoms with Crippen LogP contribution in [0.15, 0.2) is 47.2 Å². The molecule has 0 aliphatic heterocycles. The topological polar surface area (TPSA) is 75.2 Å². The van der Waals surface area contributed by atoms with Crippen molar-refractivity contribution >= 4 is 32.8 Å². The normalized spacial score (nSPS) is 12.3. The van der Waals surface area contributed by atoms with E-state index in [2.05, 4.69) is 30.6 Å². The van der Waals surface area contributed by atoms with Gasteiger partial charge < -0.3 is 14.8 Å². The fraction of sp³-hybridized carbons (Fsp3) is 0.125. The molecule has 0 spiro atoms. The number of H-pyrrole nitrogens is 1. The van der Waals surface area contributed by atoms with Crippen LogP contribution in [0.2, 0.25) is 0 Å². The molecule has 0 aliphatic rings. The molecule has 6 heteroatoms. The Morgan fingerprint density at radius 1 is 1.36 bits per heavy atom. The maximum Gasteiger partial charge on any atom is 0.339 e. The predicted octanol–water partition coefficient (Wildman–Crippen LogP) is 3.19. The van der Waals surface area contributed by atoms with E-state index in [9.17, 15) is 9.90 Å². The van der Waals surface area contributed by atoms with Gasteiger partial charge in [-0.25, -0.2) is 4.79 Å². The van der Waals surface area contributed by atoms with Gasteiger partial charge in [0.05, 0.1) is 18.4 Å². The Hall–Kier alpha value is -2.18. The molecule has 0 saturated carbocycles. The largest absolute Gasteiger partial charge is 0.465 e. The molecule has 0 radical (unpaired) electrons. The molecule has 2 heterocycles. The van der Waals surface area contributed by atoms with Crippen LogP contribution in [0.4, 0.5) is 0 Å². The minimum Gasteiger partial charge on any atom is -0.465 e. The number of fused-ring (bicyclic) bond motifs is 1. The van der Waals surface area contributed by atoms with Gasteiger partial charge in [0.1, 0.15) is 6.10 Å². The fourth-order valence-corrected chi connectivity index (χ4v) is 2.94. The smallest absolute Gasteiger partial charge is 0.339 e. The number of hydrogen-bond donors (Lipinski definition) is 2. The number of carbonyl (C=O) groups excluding carboxylic acids is 1. The number of nitrogens with one attached hydrogen (secondary N) is 1. The summed E-state index contributed by atoms with van der Waals surface area (Å²) in [6.45, 7) is 0. The molecule has 0 saturated heterocycles. The Morgan fingerprint density at radius 2 is 2.18 bits per heavy atom. The zero-order valence-corrected chi connectivity index (χ0v) is 13.3. The number of aliphatic hydroxyl groups excluding tert-OH is 1.